The highest BCUT2D eigenvalue weighted by molar-refractivity contribution is 5.68. The van der Waals surface area contributed by atoms with Crippen molar-refractivity contribution in [2.24, 2.45) is 0 Å². The van der Waals surface area contributed by atoms with Crippen molar-refractivity contribution in [3.63, 3.8) is 0 Å². The summed E-state index contributed by atoms with van der Waals surface area (Å²) < 4.78 is 10.5. The first-order valence-corrected chi connectivity index (χ1v) is 6.40. The molecule has 0 amide bonds. The fraction of sp³-hybridized carbons (Fsp3) is 0.500. The Balaban J connectivity index is 2.69. The van der Waals surface area contributed by atoms with Crippen molar-refractivity contribution in [2.75, 3.05) is 40.9 Å². The van der Waals surface area contributed by atoms with Crippen molar-refractivity contribution >= 4 is 5.97 Å². The average Bonchev–Trinajstić information content (AvgIpc) is 2.41. The molecule has 0 spiro atoms. The Labute approximate surface area is 119 Å². The van der Waals surface area contributed by atoms with E-state index in [1.165, 1.54) is 7.11 Å². The van der Waals surface area contributed by atoms with E-state index < -0.39 is 5.97 Å². The first-order valence-electron chi connectivity index (χ1n) is 6.40. The molecular weight excluding hydrogens is 260 g/mol. The summed E-state index contributed by atoms with van der Waals surface area (Å²) in [6.07, 6.45) is 0. The number of carboxylic acids is 1. The molecule has 0 aliphatic heterocycles. The molecule has 6 heteroatoms. The van der Waals surface area contributed by atoms with Crippen LogP contribution in [0.3, 0.4) is 0 Å². The van der Waals surface area contributed by atoms with Gasteiger partial charge in [-0.2, -0.15) is 0 Å². The molecule has 112 valence electrons. The van der Waals surface area contributed by atoms with Gasteiger partial charge in [-0.25, -0.2) is 4.79 Å². The molecule has 20 heavy (non-hydrogen) atoms. The van der Waals surface area contributed by atoms with Crippen molar-refractivity contribution in [3.05, 3.63) is 23.8 Å². The second-order valence-electron chi connectivity index (χ2n) is 4.61. The molecule has 0 aromatic heterocycles. The molecule has 0 bridgehead atoms. The average molecular weight is 282 g/mol. The van der Waals surface area contributed by atoms with E-state index in [-0.39, 0.29) is 6.61 Å². The summed E-state index contributed by atoms with van der Waals surface area (Å²) in [6.45, 7) is 1.98. The molecule has 0 radical (unpaired) electrons. The lowest BCUT2D eigenvalue weighted by Gasteiger charge is -2.15. The van der Waals surface area contributed by atoms with E-state index in [0.29, 0.717) is 18.0 Å². The number of nitrogens with one attached hydrogen (secondary N) is 1. The van der Waals surface area contributed by atoms with Crippen molar-refractivity contribution in [3.8, 4) is 11.5 Å². The van der Waals surface area contributed by atoms with Crippen LogP contribution < -0.4 is 14.8 Å². The van der Waals surface area contributed by atoms with Crippen LogP contribution in [0.2, 0.25) is 0 Å². The summed E-state index contributed by atoms with van der Waals surface area (Å²) in [5, 5.41) is 12.0. The number of carboxylic acid groups (broad SMARTS) is 1. The van der Waals surface area contributed by atoms with E-state index in [1.807, 2.05) is 26.2 Å². The summed E-state index contributed by atoms with van der Waals surface area (Å²) in [5.41, 5.74) is 0.879. The Kier molecular flexibility index (Phi) is 6.83. The third kappa shape index (κ3) is 5.46. The van der Waals surface area contributed by atoms with Crippen LogP contribution in [-0.4, -0.2) is 56.9 Å². The molecule has 1 rings (SSSR count). The van der Waals surface area contributed by atoms with E-state index in [1.54, 1.807) is 6.07 Å². The van der Waals surface area contributed by atoms with Crippen molar-refractivity contribution in [1.82, 2.24) is 10.2 Å². The van der Waals surface area contributed by atoms with Crippen LogP contribution in [0.1, 0.15) is 5.56 Å². The zero-order valence-electron chi connectivity index (χ0n) is 12.2. The van der Waals surface area contributed by atoms with Crippen LogP contribution in [0.15, 0.2) is 18.2 Å². The van der Waals surface area contributed by atoms with E-state index >= 15 is 0 Å². The van der Waals surface area contributed by atoms with Gasteiger partial charge in [-0.1, -0.05) is 12.1 Å². The molecule has 0 unspecified atom stereocenters. The maximum atomic E-state index is 10.6. The van der Waals surface area contributed by atoms with Crippen LogP contribution in [0.25, 0.3) is 0 Å². The number of rotatable bonds is 9. The van der Waals surface area contributed by atoms with Gasteiger partial charge >= 0.3 is 5.97 Å². The predicted molar refractivity (Wildman–Crippen MR) is 76.4 cm³/mol. The molecule has 0 saturated heterocycles. The number of ether oxygens (including phenoxy) is 2. The highest BCUT2D eigenvalue weighted by Crippen LogP contribution is 2.30. The number of methoxy groups -OCH3 is 1. The summed E-state index contributed by atoms with van der Waals surface area (Å²) in [7, 11) is 5.55. The highest BCUT2D eigenvalue weighted by atomic mass is 16.5. The number of hydrogen-bond donors (Lipinski definition) is 2. The summed E-state index contributed by atoms with van der Waals surface area (Å²) in [4.78, 5) is 12.7. The van der Waals surface area contributed by atoms with Gasteiger partial charge in [0.2, 0.25) is 0 Å². The number of para-hydroxylation sites is 1. The van der Waals surface area contributed by atoms with Gasteiger partial charge in [0.1, 0.15) is 0 Å². The van der Waals surface area contributed by atoms with Crippen molar-refractivity contribution in [1.29, 1.82) is 0 Å². The smallest absolute Gasteiger partial charge is 0.341 e. The fourth-order valence-corrected chi connectivity index (χ4v) is 1.68. The highest BCUT2D eigenvalue weighted by Gasteiger charge is 2.11. The standard InChI is InChI=1S/C14H22N2O4/c1-16(2)8-7-15-9-11-5-4-6-12(19-3)14(11)20-10-13(17)18/h4-6,15H,7-10H2,1-3H3,(H,17,18). The van der Waals surface area contributed by atoms with Crippen LogP contribution in [0.4, 0.5) is 0 Å². The molecule has 0 heterocycles. The number of nitrogens with zero attached hydrogens (tertiary/aromatic N) is 1. The number of carbonyl (C=O) groups is 1. The largest absolute Gasteiger partial charge is 0.493 e. The molecule has 6 nitrogen and oxygen atoms in total. The van der Waals surface area contributed by atoms with Crippen LogP contribution in [0.5, 0.6) is 11.5 Å². The van der Waals surface area contributed by atoms with E-state index in [0.717, 1.165) is 18.7 Å². The van der Waals surface area contributed by atoms with Gasteiger partial charge in [-0.15, -0.1) is 0 Å². The van der Waals surface area contributed by atoms with Crippen LogP contribution in [0, 0.1) is 0 Å². The Bertz CT molecular complexity index is 435. The SMILES string of the molecule is COc1cccc(CNCCN(C)C)c1OCC(=O)O. The van der Waals surface area contributed by atoms with Gasteiger partial charge in [0.25, 0.3) is 0 Å². The fourth-order valence-electron chi connectivity index (χ4n) is 1.68. The minimum absolute atomic E-state index is 0.384. The molecule has 0 atom stereocenters. The molecule has 0 aliphatic rings. The molecule has 1 aromatic carbocycles. The Morgan fingerprint density at radius 3 is 2.75 bits per heavy atom. The monoisotopic (exact) mass is 282 g/mol. The zero-order valence-corrected chi connectivity index (χ0v) is 12.2. The lowest BCUT2D eigenvalue weighted by Crippen LogP contribution is -2.26. The van der Waals surface area contributed by atoms with Crippen molar-refractivity contribution in [2.45, 2.75) is 6.54 Å². The normalized spacial score (nSPS) is 10.6. The molecule has 0 aliphatic carbocycles. The second-order valence-corrected chi connectivity index (χ2v) is 4.61. The van der Waals surface area contributed by atoms with E-state index in [9.17, 15) is 4.79 Å². The van der Waals surface area contributed by atoms with Gasteiger partial charge in [0.05, 0.1) is 7.11 Å². The van der Waals surface area contributed by atoms with Gasteiger partial charge in [-0.05, 0) is 20.2 Å². The maximum absolute atomic E-state index is 10.6. The van der Waals surface area contributed by atoms with E-state index in [2.05, 4.69) is 10.2 Å². The molecule has 2 N–H and O–H groups in total. The predicted octanol–water partition coefficient (Wildman–Crippen LogP) is 0.810. The van der Waals surface area contributed by atoms with Gasteiger partial charge < -0.3 is 24.8 Å². The summed E-state index contributed by atoms with van der Waals surface area (Å²) in [6, 6.07) is 5.50. The third-order valence-electron chi connectivity index (χ3n) is 2.67. The van der Waals surface area contributed by atoms with Crippen LogP contribution >= 0.6 is 0 Å². The number of likely N-dealkylation sites (N-methyl/N-ethyl adjacent to an activating group) is 1. The van der Waals surface area contributed by atoms with Crippen LogP contribution in [-0.2, 0) is 11.3 Å². The Hall–Kier alpha value is -1.79. The first-order chi connectivity index (χ1) is 9.54. The summed E-state index contributed by atoms with van der Waals surface area (Å²) in [5.74, 6) is 0.00957. The van der Waals surface area contributed by atoms with Gasteiger partial charge in [0, 0.05) is 25.2 Å². The van der Waals surface area contributed by atoms with Gasteiger partial charge in [0.15, 0.2) is 18.1 Å². The molecule has 1 aromatic rings. The molecular formula is C14H22N2O4. The zero-order chi connectivity index (χ0) is 15.0. The molecule has 0 saturated carbocycles. The molecule has 0 fully saturated rings. The van der Waals surface area contributed by atoms with Gasteiger partial charge in [-0.3, -0.25) is 0 Å². The minimum Gasteiger partial charge on any atom is -0.493 e. The first kappa shape index (κ1) is 16.3. The quantitative estimate of drug-likeness (QED) is 0.653. The lowest BCUT2D eigenvalue weighted by atomic mass is 10.2. The maximum Gasteiger partial charge on any atom is 0.341 e. The lowest BCUT2D eigenvalue weighted by molar-refractivity contribution is -0.139. The number of hydrogen-bond acceptors (Lipinski definition) is 5. The number of benzene rings is 1. The second kappa shape index (κ2) is 8.39. The topological polar surface area (TPSA) is 71.0 Å². The Morgan fingerprint density at radius 1 is 1.40 bits per heavy atom. The minimum atomic E-state index is -1.01. The van der Waals surface area contributed by atoms with E-state index in [4.69, 9.17) is 14.6 Å². The Morgan fingerprint density at radius 2 is 2.15 bits per heavy atom. The summed E-state index contributed by atoms with van der Waals surface area (Å²) >= 11 is 0. The van der Waals surface area contributed by atoms with Crippen molar-refractivity contribution < 1.29 is 19.4 Å². The number of aliphatic carboxylic acids is 1. The third-order valence-corrected chi connectivity index (χ3v) is 2.67.